The van der Waals surface area contributed by atoms with Crippen LogP contribution in [0.5, 0.6) is 0 Å². The van der Waals surface area contributed by atoms with Gasteiger partial charge in [0.1, 0.15) is 5.69 Å². The Morgan fingerprint density at radius 2 is 2.33 bits per heavy atom. The third kappa shape index (κ3) is 3.65. The van der Waals surface area contributed by atoms with E-state index in [0.29, 0.717) is 38.6 Å². The average Bonchev–Trinajstić information content (AvgIpc) is 3.24. The predicted octanol–water partition coefficient (Wildman–Crippen LogP) is 1.02. The summed E-state index contributed by atoms with van der Waals surface area (Å²) < 4.78 is 6.76. The lowest BCUT2D eigenvalue weighted by Gasteiger charge is -2.26. The molecule has 0 aliphatic carbocycles. The smallest absolute Gasteiger partial charge is 0.290 e. The quantitative estimate of drug-likeness (QED) is 0.810. The lowest BCUT2D eigenvalue weighted by atomic mass is 10.3. The number of fused-ring (bicyclic) bond motifs is 1. The zero-order valence-corrected chi connectivity index (χ0v) is 14.3. The summed E-state index contributed by atoms with van der Waals surface area (Å²) in [5.74, 6) is -0.0820. The minimum absolute atomic E-state index is 0.157. The van der Waals surface area contributed by atoms with Crippen molar-refractivity contribution in [2.24, 2.45) is 0 Å². The van der Waals surface area contributed by atoms with Crippen LogP contribution in [0.3, 0.4) is 0 Å². The summed E-state index contributed by atoms with van der Waals surface area (Å²) in [5.41, 5.74) is 0.290. The van der Waals surface area contributed by atoms with Crippen molar-refractivity contribution in [3.8, 4) is 0 Å². The van der Waals surface area contributed by atoms with Gasteiger partial charge < -0.3 is 19.5 Å². The fourth-order valence-corrected chi connectivity index (χ4v) is 3.31. The summed E-state index contributed by atoms with van der Waals surface area (Å²) in [6, 6.07) is 4.03. The molecular weight excluding hydrogens is 328 g/mol. The number of rotatable bonds is 7. The van der Waals surface area contributed by atoms with Crippen LogP contribution >= 0.6 is 11.3 Å². The fourth-order valence-electron chi connectivity index (χ4n) is 2.60. The number of carbonyl (C=O) groups excluding carboxylic acids is 2. The number of ether oxygens (including phenoxy) is 1. The Labute approximate surface area is 144 Å². The van der Waals surface area contributed by atoms with Crippen LogP contribution in [0, 0.1) is 0 Å². The minimum atomic E-state index is -0.246. The molecule has 1 N–H and O–H groups in total. The molecule has 8 heteroatoms. The van der Waals surface area contributed by atoms with E-state index in [2.05, 4.69) is 10.3 Å². The lowest BCUT2D eigenvalue weighted by molar-refractivity contribution is 0.0634. The molecule has 2 aromatic rings. The van der Waals surface area contributed by atoms with Crippen molar-refractivity contribution in [2.45, 2.75) is 13.0 Å². The molecule has 3 rings (SSSR count). The molecule has 0 aromatic carbocycles. The Morgan fingerprint density at radius 1 is 1.46 bits per heavy atom. The molecule has 1 aliphatic heterocycles. The highest BCUT2D eigenvalue weighted by Crippen LogP contribution is 2.13. The molecule has 1 aliphatic rings. The molecular formula is C16H20N4O3S. The van der Waals surface area contributed by atoms with E-state index in [0.717, 1.165) is 6.42 Å². The topological polar surface area (TPSA) is 76.5 Å². The summed E-state index contributed by atoms with van der Waals surface area (Å²) in [5, 5.41) is 4.87. The van der Waals surface area contributed by atoms with Gasteiger partial charge in [-0.25, -0.2) is 4.98 Å². The first-order valence-electron chi connectivity index (χ1n) is 7.85. The fraction of sp³-hybridized carbons (Fsp3) is 0.438. The molecule has 0 radical (unpaired) electrons. The molecule has 24 heavy (non-hydrogen) atoms. The van der Waals surface area contributed by atoms with Crippen molar-refractivity contribution < 1.29 is 14.3 Å². The van der Waals surface area contributed by atoms with Crippen molar-refractivity contribution in [1.82, 2.24) is 19.8 Å². The van der Waals surface area contributed by atoms with Gasteiger partial charge in [0.2, 0.25) is 0 Å². The van der Waals surface area contributed by atoms with Gasteiger partial charge in [-0.2, -0.15) is 0 Å². The summed E-state index contributed by atoms with van der Waals surface area (Å²) in [6.45, 7) is 2.81. The first kappa shape index (κ1) is 16.7. The normalized spacial score (nSPS) is 13.9. The van der Waals surface area contributed by atoms with Gasteiger partial charge in [-0.1, -0.05) is 6.07 Å². The van der Waals surface area contributed by atoms with Crippen LogP contribution in [0.4, 0.5) is 0 Å². The number of carbonyl (C=O) groups is 2. The molecule has 0 fully saturated rings. The van der Waals surface area contributed by atoms with Crippen LogP contribution in [-0.4, -0.2) is 59.6 Å². The number of hydrogen-bond donors (Lipinski definition) is 1. The van der Waals surface area contributed by atoms with E-state index in [1.165, 1.54) is 4.88 Å². The summed E-state index contributed by atoms with van der Waals surface area (Å²) >= 11 is 1.67. The zero-order valence-electron chi connectivity index (χ0n) is 13.5. The monoisotopic (exact) mass is 348 g/mol. The van der Waals surface area contributed by atoms with Gasteiger partial charge in [-0.05, 0) is 17.9 Å². The number of amides is 2. The standard InChI is InChI=1S/C16H20N4O3S/c1-23-9-8-19-6-7-20-11-13(18-14(20)16(19)22)15(21)17-5-4-12-3-2-10-24-12/h2-3,10-11H,4-9H2,1H3,(H,17,21). The number of nitrogens with zero attached hydrogens (tertiary/aromatic N) is 3. The Kier molecular flexibility index (Phi) is 5.27. The maximum Gasteiger partial charge on any atom is 0.290 e. The average molecular weight is 348 g/mol. The number of thiophene rings is 1. The highest BCUT2D eigenvalue weighted by atomic mass is 32.1. The van der Waals surface area contributed by atoms with E-state index >= 15 is 0 Å². The van der Waals surface area contributed by atoms with Gasteiger partial charge in [-0.15, -0.1) is 11.3 Å². The van der Waals surface area contributed by atoms with Crippen LogP contribution in [0.2, 0.25) is 0 Å². The first-order valence-corrected chi connectivity index (χ1v) is 8.73. The molecule has 3 heterocycles. The van der Waals surface area contributed by atoms with Gasteiger partial charge in [-0.3, -0.25) is 9.59 Å². The van der Waals surface area contributed by atoms with Crippen LogP contribution in [0.1, 0.15) is 26.0 Å². The molecule has 0 saturated heterocycles. The van der Waals surface area contributed by atoms with Crippen LogP contribution in [0.25, 0.3) is 0 Å². The van der Waals surface area contributed by atoms with E-state index < -0.39 is 0 Å². The van der Waals surface area contributed by atoms with Crippen LogP contribution in [-0.2, 0) is 17.7 Å². The molecule has 0 bridgehead atoms. The summed E-state index contributed by atoms with van der Waals surface area (Å²) in [7, 11) is 1.61. The van der Waals surface area contributed by atoms with Gasteiger partial charge in [0.25, 0.3) is 11.8 Å². The second-order valence-corrected chi connectivity index (χ2v) is 6.55. The maximum atomic E-state index is 12.4. The molecule has 0 atom stereocenters. The molecule has 7 nitrogen and oxygen atoms in total. The van der Waals surface area contributed by atoms with Crippen molar-refractivity contribution in [3.05, 3.63) is 40.1 Å². The van der Waals surface area contributed by atoms with Crippen LogP contribution in [0.15, 0.2) is 23.7 Å². The van der Waals surface area contributed by atoms with Crippen molar-refractivity contribution in [2.75, 3.05) is 33.4 Å². The first-order chi connectivity index (χ1) is 11.7. The van der Waals surface area contributed by atoms with E-state index in [4.69, 9.17) is 4.74 Å². The minimum Gasteiger partial charge on any atom is -0.383 e. The molecule has 0 spiro atoms. The van der Waals surface area contributed by atoms with Gasteiger partial charge >= 0.3 is 0 Å². The molecule has 2 aromatic heterocycles. The van der Waals surface area contributed by atoms with E-state index in [1.54, 1.807) is 34.1 Å². The number of methoxy groups -OCH3 is 1. The molecule has 2 amide bonds. The number of nitrogens with one attached hydrogen (secondary N) is 1. The molecule has 0 unspecified atom stereocenters. The number of imidazole rings is 1. The lowest BCUT2D eigenvalue weighted by Crippen LogP contribution is -2.42. The van der Waals surface area contributed by atoms with Gasteiger partial charge in [0.15, 0.2) is 5.82 Å². The largest absolute Gasteiger partial charge is 0.383 e. The SMILES string of the molecule is COCCN1CCn2cc(C(=O)NCCc3cccs3)nc2C1=O. The second kappa shape index (κ2) is 7.59. The Balaban J connectivity index is 1.60. The van der Waals surface area contributed by atoms with E-state index in [9.17, 15) is 9.59 Å². The van der Waals surface area contributed by atoms with Crippen molar-refractivity contribution in [1.29, 1.82) is 0 Å². The van der Waals surface area contributed by atoms with Crippen molar-refractivity contribution in [3.63, 3.8) is 0 Å². The zero-order chi connectivity index (χ0) is 16.9. The van der Waals surface area contributed by atoms with Gasteiger partial charge in [0, 0.05) is 44.4 Å². The van der Waals surface area contributed by atoms with E-state index in [1.807, 2.05) is 17.5 Å². The summed E-state index contributed by atoms with van der Waals surface area (Å²) in [4.78, 5) is 31.8. The third-order valence-electron chi connectivity index (χ3n) is 3.90. The highest BCUT2D eigenvalue weighted by Gasteiger charge is 2.27. The highest BCUT2D eigenvalue weighted by molar-refractivity contribution is 7.09. The Bertz CT molecular complexity index is 711. The summed E-state index contributed by atoms with van der Waals surface area (Å²) in [6.07, 6.45) is 2.45. The van der Waals surface area contributed by atoms with Crippen LogP contribution < -0.4 is 5.32 Å². The number of aromatic nitrogens is 2. The number of hydrogen-bond acceptors (Lipinski definition) is 5. The third-order valence-corrected chi connectivity index (χ3v) is 4.84. The Hall–Kier alpha value is -2.19. The van der Waals surface area contributed by atoms with Crippen molar-refractivity contribution >= 4 is 23.2 Å². The second-order valence-electron chi connectivity index (χ2n) is 5.51. The Morgan fingerprint density at radius 3 is 3.08 bits per heavy atom. The van der Waals surface area contributed by atoms with E-state index in [-0.39, 0.29) is 17.5 Å². The molecule has 128 valence electrons. The maximum absolute atomic E-state index is 12.4. The molecule has 0 saturated carbocycles. The predicted molar refractivity (Wildman–Crippen MR) is 90.4 cm³/mol. The van der Waals surface area contributed by atoms with Gasteiger partial charge in [0.05, 0.1) is 6.61 Å².